The number of amides is 1. The van der Waals surface area contributed by atoms with Crippen LogP contribution in [0.3, 0.4) is 0 Å². The lowest BCUT2D eigenvalue weighted by Crippen LogP contribution is -2.13. The van der Waals surface area contributed by atoms with Crippen molar-refractivity contribution in [1.82, 2.24) is 4.98 Å². The summed E-state index contributed by atoms with van der Waals surface area (Å²) in [6, 6.07) is 14.6. The predicted molar refractivity (Wildman–Crippen MR) is 99.1 cm³/mol. The summed E-state index contributed by atoms with van der Waals surface area (Å²) in [6.07, 6.45) is 3.55. The standard InChI is InChI=1S/C20H17ClN2O3/c21-15-3-1-2-14(10-15)20-23-17(12-26-20)11-25-18-8-6-16(7-9-18)22-19(24)13-4-5-13/h1-3,6-10,12-13H,4-5,11H2,(H,22,24). The molecule has 1 N–H and O–H groups in total. The van der Waals surface area contributed by atoms with Gasteiger partial charge in [0, 0.05) is 22.2 Å². The highest BCUT2D eigenvalue weighted by molar-refractivity contribution is 6.30. The highest BCUT2D eigenvalue weighted by Gasteiger charge is 2.29. The molecule has 0 saturated heterocycles. The Balaban J connectivity index is 1.34. The van der Waals surface area contributed by atoms with Gasteiger partial charge in [-0.25, -0.2) is 4.98 Å². The number of ether oxygens (including phenoxy) is 1. The summed E-state index contributed by atoms with van der Waals surface area (Å²) >= 11 is 5.99. The Morgan fingerprint density at radius 1 is 1.23 bits per heavy atom. The zero-order valence-corrected chi connectivity index (χ0v) is 14.7. The third kappa shape index (κ3) is 4.06. The number of halogens is 1. The minimum absolute atomic E-state index is 0.0924. The molecule has 26 heavy (non-hydrogen) atoms. The molecule has 4 rings (SSSR count). The Morgan fingerprint density at radius 3 is 2.77 bits per heavy atom. The molecule has 1 saturated carbocycles. The number of anilines is 1. The first-order chi connectivity index (χ1) is 12.7. The fraction of sp³-hybridized carbons (Fsp3) is 0.200. The quantitative estimate of drug-likeness (QED) is 0.670. The van der Waals surface area contributed by atoms with E-state index in [1.165, 1.54) is 0 Å². The maximum absolute atomic E-state index is 11.7. The number of hydrogen-bond acceptors (Lipinski definition) is 4. The molecule has 2 aromatic carbocycles. The van der Waals surface area contributed by atoms with Gasteiger partial charge in [-0.1, -0.05) is 17.7 Å². The smallest absolute Gasteiger partial charge is 0.227 e. The maximum atomic E-state index is 11.7. The van der Waals surface area contributed by atoms with Crippen LogP contribution in [0.1, 0.15) is 18.5 Å². The third-order valence-corrected chi connectivity index (χ3v) is 4.32. The van der Waals surface area contributed by atoms with Crippen molar-refractivity contribution in [3.63, 3.8) is 0 Å². The second-order valence-corrected chi connectivity index (χ2v) is 6.67. The second kappa shape index (κ2) is 7.22. The van der Waals surface area contributed by atoms with Crippen LogP contribution in [0.4, 0.5) is 5.69 Å². The number of benzene rings is 2. The van der Waals surface area contributed by atoms with Gasteiger partial charge in [0.15, 0.2) is 0 Å². The lowest BCUT2D eigenvalue weighted by atomic mass is 10.2. The third-order valence-electron chi connectivity index (χ3n) is 4.08. The van der Waals surface area contributed by atoms with Crippen molar-refractivity contribution in [3.05, 3.63) is 65.5 Å². The molecule has 3 aromatic rings. The van der Waals surface area contributed by atoms with Gasteiger partial charge < -0.3 is 14.5 Å². The van der Waals surface area contributed by atoms with E-state index in [1.807, 2.05) is 36.4 Å². The molecule has 0 bridgehead atoms. The topological polar surface area (TPSA) is 64.4 Å². The molecule has 0 atom stereocenters. The van der Waals surface area contributed by atoms with Crippen LogP contribution in [0.2, 0.25) is 5.02 Å². The van der Waals surface area contributed by atoms with Crippen molar-refractivity contribution in [2.24, 2.45) is 5.92 Å². The van der Waals surface area contributed by atoms with E-state index in [0.29, 0.717) is 22.4 Å². The van der Waals surface area contributed by atoms with Crippen molar-refractivity contribution in [2.45, 2.75) is 19.4 Å². The average molecular weight is 369 g/mol. The molecule has 0 spiro atoms. The molecule has 6 heteroatoms. The van der Waals surface area contributed by atoms with E-state index in [2.05, 4.69) is 10.3 Å². The summed E-state index contributed by atoms with van der Waals surface area (Å²) in [5.41, 5.74) is 2.28. The van der Waals surface area contributed by atoms with Crippen LogP contribution in [-0.4, -0.2) is 10.9 Å². The molecule has 0 aliphatic heterocycles. The Hall–Kier alpha value is -2.79. The van der Waals surface area contributed by atoms with Crippen LogP contribution < -0.4 is 10.1 Å². The maximum Gasteiger partial charge on any atom is 0.227 e. The number of nitrogens with one attached hydrogen (secondary N) is 1. The fourth-order valence-corrected chi connectivity index (χ4v) is 2.70. The van der Waals surface area contributed by atoms with E-state index in [9.17, 15) is 4.79 Å². The van der Waals surface area contributed by atoms with Crippen LogP contribution in [0, 0.1) is 5.92 Å². The monoisotopic (exact) mass is 368 g/mol. The van der Waals surface area contributed by atoms with Gasteiger partial charge in [-0.05, 0) is 55.3 Å². The number of nitrogens with zero attached hydrogens (tertiary/aromatic N) is 1. The zero-order valence-electron chi connectivity index (χ0n) is 13.9. The highest BCUT2D eigenvalue weighted by Crippen LogP contribution is 2.30. The SMILES string of the molecule is O=C(Nc1ccc(OCc2coc(-c3cccc(Cl)c3)n2)cc1)C1CC1. The van der Waals surface area contributed by atoms with E-state index in [4.69, 9.17) is 20.8 Å². The minimum Gasteiger partial charge on any atom is -0.487 e. The Morgan fingerprint density at radius 2 is 2.04 bits per heavy atom. The first kappa shape index (κ1) is 16.7. The van der Waals surface area contributed by atoms with Gasteiger partial charge >= 0.3 is 0 Å². The minimum atomic E-state index is 0.0924. The molecular weight excluding hydrogens is 352 g/mol. The summed E-state index contributed by atoms with van der Waals surface area (Å²) in [5.74, 6) is 1.48. The van der Waals surface area contributed by atoms with Gasteiger partial charge in [0.1, 0.15) is 24.3 Å². The van der Waals surface area contributed by atoms with Gasteiger partial charge in [0.25, 0.3) is 0 Å². The number of rotatable bonds is 6. The lowest BCUT2D eigenvalue weighted by molar-refractivity contribution is -0.117. The zero-order chi connectivity index (χ0) is 17.9. The van der Waals surface area contributed by atoms with Crippen molar-refractivity contribution < 1.29 is 13.9 Å². The number of aromatic nitrogens is 1. The normalized spacial score (nSPS) is 13.4. The van der Waals surface area contributed by atoms with Gasteiger partial charge in [0.2, 0.25) is 11.8 Å². The lowest BCUT2D eigenvalue weighted by Gasteiger charge is -2.07. The van der Waals surface area contributed by atoms with Crippen LogP contribution in [0.5, 0.6) is 5.75 Å². The highest BCUT2D eigenvalue weighted by atomic mass is 35.5. The van der Waals surface area contributed by atoms with Crippen LogP contribution in [0.25, 0.3) is 11.5 Å². The van der Waals surface area contributed by atoms with Gasteiger partial charge in [0.05, 0.1) is 0 Å². The van der Waals surface area contributed by atoms with E-state index in [1.54, 1.807) is 18.4 Å². The predicted octanol–water partition coefficient (Wildman–Crippen LogP) is 4.92. The molecule has 0 unspecified atom stereocenters. The van der Waals surface area contributed by atoms with E-state index >= 15 is 0 Å². The number of oxazole rings is 1. The van der Waals surface area contributed by atoms with Crippen LogP contribution in [0.15, 0.2) is 59.2 Å². The van der Waals surface area contributed by atoms with Gasteiger partial charge in [-0.15, -0.1) is 0 Å². The summed E-state index contributed by atoms with van der Waals surface area (Å²) in [4.78, 5) is 16.2. The number of hydrogen-bond donors (Lipinski definition) is 1. The Labute approximate surface area is 156 Å². The summed E-state index contributed by atoms with van der Waals surface area (Å²) in [6.45, 7) is 0.290. The van der Waals surface area contributed by atoms with Crippen LogP contribution >= 0.6 is 11.6 Å². The molecule has 5 nitrogen and oxygen atoms in total. The van der Waals surface area contributed by atoms with Crippen molar-refractivity contribution >= 4 is 23.2 Å². The van der Waals surface area contributed by atoms with Crippen molar-refractivity contribution in [1.29, 1.82) is 0 Å². The fourth-order valence-electron chi connectivity index (χ4n) is 2.51. The first-order valence-electron chi connectivity index (χ1n) is 8.41. The molecule has 1 amide bonds. The van der Waals surface area contributed by atoms with Gasteiger partial charge in [-0.3, -0.25) is 4.79 Å². The summed E-state index contributed by atoms with van der Waals surface area (Å²) in [7, 11) is 0. The molecule has 1 heterocycles. The summed E-state index contributed by atoms with van der Waals surface area (Å²) < 4.78 is 11.2. The molecule has 1 aromatic heterocycles. The van der Waals surface area contributed by atoms with Crippen molar-refractivity contribution in [2.75, 3.05) is 5.32 Å². The molecule has 132 valence electrons. The van der Waals surface area contributed by atoms with E-state index in [-0.39, 0.29) is 18.4 Å². The van der Waals surface area contributed by atoms with Crippen LogP contribution in [-0.2, 0) is 11.4 Å². The Kier molecular flexibility index (Phi) is 4.63. The summed E-state index contributed by atoms with van der Waals surface area (Å²) in [5, 5.41) is 3.53. The molecule has 1 aliphatic rings. The Bertz CT molecular complexity index is 917. The number of carbonyl (C=O) groups excluding carboxylic acids is 1. The van der Waals surface area contributed by atoms with E-state index < -0.39 is 0 Å². The molecular formula is C20H17ClN2O3. The average Bonchev–Trinajstić information content (AvgIpc) is 3.40. The number of carbonyl (C=O) groups is 1. The largest absolute Gasteiger partial charge is 0.487 e. The first-order valence-corrected chi connectivity index (χ1v) is 8.79. The van der Waals surface area contributed by atoms with Gasteiger partial charge in [-0.2, -0.15) is 0 Å². The van der Waals surface area contributed by atoms with E-state index in [0.717, 1.165) is 24.1 Å². The molecule has 1 fully saturated rings. The molecule has 1 aliphatic carbocycles. The molecule has 0 radical (unpaired) electrons. The second-order valence-electron chi connectivity index (χ2n) is 6.23. The van der Waals surface area contributed by atoms with Crippen molar-refractivity contribution in [3.8, 4) is 17.2 Å².